The second-order valence-corrected chi connectivity index (χ2v) is 3.31. The van der Waals surface area contributed by atoms with Crippen LogP contribution in [-0.4, -0.2) is 30.8 Å². The Morgan fingerprint density at radius 2 is 2.00 bits per heavy atom. The Labute approximate surface area is 69.5 Å². The highest BCUT2D eigenvalue weighted by molar-refractivity contribution is 4.79. The lowest BCUT2D eigenvalue weighted by Gasteiger charge is -2.35. The molecule has 0 aromatic carbocycles. The van der Waals surface area contributed by atoms with Gasteiger partial charge in [0.2, 0.25) is 0 Å². The Balaban J connectivity index is 2.51. The summed E-state index contributed by atoms with van der Waals surface area (Å²) in [6.45, 7) is 0.436. The third-order valence-electron chi connectivity index (χ3n) is 2.39. The van der Waals surface area contributed by atoms with Gasteiger partial charge in [-0.2, -0.15) is 13.2 Å². The van der Waals surface area contributed by atoms with Crippen molar-refractivity contribution in [1.29, 1.82) is 0 Å². The zero-order valence-corrected chi connectivity index (χ0v) is 6.93. The Hall–Kier alpha value is -0.290. The van der Waals surface area contributed by atoms with E-state index in [0.29, 0.717) is 6.54 Å². The van der Waals surface area contributed by atoms with Crippen LogP contribution in [-0.2, 0) is 0 Å². The third-order valence-corrected chi connectivity index (χ3v) is 2.39. The van der Waals surface area contributed by atoms with E-state index >= 15 is 0 Å². The SMILES string of the molecule is CN1CCC(C(F)(F)F)CC1N. The highest BCUT2D eigenvalue weighted by Crippen LogP contribution is 2.34. The van der Waals surface area contributed by atoms with Crippen molar-refractivity contribution >= 4 is 0 Å². The molecule has 1 aliphatic rings. The Bertz CT molecular complexity index is 157. The number of nitrogens with zero attached hydrogens (tertiary/aromatic N) is 1. The summed E-state index contributed by atoms with van der Waals surface area (Å²) in [5.74, 6) is -1.20. The second kappa shape index (κ2) is 3.22. The number of hydrogen-bond donors (Lipinski definition) is 1. The summed E-state index contributed by atoms with van der Waals surface area (Å²) in [7, 11) is 1.75. The second-order valence-electron chi connectivity index (χ2n) is 3.31. The van der Waals surface area contributed by atoms with Gasteiger partial charge in [-0.25, -0.2) is 0 Å². The van der Waals surface area contributed by atoms with Crippen LogP contribution in [0.4, 0.5) is 13.2 Å². The zero-order valence-electron chi connectivity index (χ0n) is 6.93. The third kappa shape index (κ3) is 2.10. The summed E-state index contributed by atoms with van der Waals surface area (Å²) >= 11 is 0. The molecule has 0 saturated carbocycles. The lowest BCUT2D eigenvalue weighted by Crippen LogP contribution is -2.48. The topological polar surface area (TPSA) is 29.3 Å². The van der Waals surface area contributed by atoms with Crippen LogP contribution in [0.1, 0.15) is 12.8 Å². The molecule has 1 fully saturated rings. The average Bonchev–Trinajstić information content (AvgIpc) is 1.92. The quantitative estimate of drug-likeness (QED) is 0.609. The van der Waals surface area contributed by atoms with Gasteiger partial charge < -0.3 is 5.73 Å². The standard InChI is InChI=1S/C7H13F3N2/c1-12-3-2-5(4-6(12)11)7(8,9)10/h5-6H,2-4,11H2,1H3. The van der Waals surface area contributed by atoms with E-state index in [1.165, 1.54) is 0 Å². The van der Waals surface area contributed by atoms with E-state index in [9.17, 15) is 13.2 Å². The number of rotatable bonds is 0. The van der Waals surface area contributed by atoms with Crippen LogP contribution in [0.15, 0.2) is 0 Å². The van der Waals surface area contributed by atoms with Crippen LogP contribution in [0.25, 0.3) is 0 Å². The van der Waals surface area contributed by atoms with Crippen LogP contribution in [0.2, 0.25) is 0 Å². The Morgan fingerprint density at radius 1 is 1.42 bits per heavy atom. The van der Waals surface area contributed by atoms with E-state index in [1.54, 1.807) is 11.9 Å². The molecular weight excluding hydrogens is 169 g/mol. The number of likely N-dealkylation sites (tertiary alicyclic amines) is 1. The predicted octanol–water partition coefficient (Wildman–Crippen LogP) is 1.18. The van der Waals surface area contributed by atoms with Crippen LogP contribution in [0, 0.1) is 5.92 Å². The highest BCUT2D eigenvalue weighted by Gasteiger charge is 2.42. The van der Waals surface area contributed by atoms with E-state index in [4.69, 9.17) is 5.73 Å². The van der Waals surface area contributed by atoms with E-state index in [0.717, 1.165) is 0 Å². The van der Waals surface area contributed by atoms with Gasteiger partial charge in [0.05, 0.1) is 12.1 Å². The van der Waals surface area contributed by atoms with E-state index in [-0.39, 0.29) is 12.8 Å². The van der Waals surface area contributed by atoms with Gasteiger partial charge in [-0.05, 0) is 26.4 Å². The van der Waals surface area contributed by atoms with Crippen LogP contribution >= 0.6 is 0 Å². The lowest BCUT2D eigenvalue weighted by molar-refractivity contribution is -0.188. The zero-order chi connectivity index (χ0) is 9.35. The predicted molar refractivity (Wildman–Crippen MR) is 39.4 cm³/mol. The van der Waals surface area contributed by atoms with Crippen molar-refractivity contribution in [3.63, 3.8) is 0 Å². The largest absolute Gasteiger partial charge is 0.391 e. The van der Waals surface area contributed by atoms with Crippen molar-refractivity contribution < 1.29 is 13.2 Å². The van der Waals surface area contributed by atoms with Crippen molar-refractivity contribution in [2.24, 2.45) is 11.7 Å². The lowest BCUT2D eigenvalue weighted by atomic mass is 9.94. The van der Waals surface area contributed by atoms with Gasteiger partial charge in [-0.15, -0.1) is 0 Å². The summed E-state index contributed by atoms with van der Waals surface area (Å²) in [6, 6.07) is 0. The summed E-state index contributed by atoms with van der Waals surface area (Å²) in [5, 5.41) is 0. The molecule has 0 aliphatic carbocycles. The maximum absolute atomic E-state index is 12.2. The number of nitrogens with two attached hydrogens (primary N) is 1. The molecule has 2 atom stereocenters. The average molecular weight is 182 g/mol. The molecule has 12 heavy (non-hydrogen) atoms. The van der Waals surface area contributed by atoms with Crippen molar-refractivity contribution in [2.45, 2.75) is 25.2 Å². The summed E-state index contributed by atoms with van der Waals surface area (Å²) in [4.78, 5) is 1.75. The van der Waals surface area contributed by atoms with Gasteiger partial charge in [-0.3, -0.25) is 4.90 Å². The van der Waals surface area contributed by atoms with Gasteiger partial charge in [0.15, 0.2) is 0 Å². The number of alkyl halides is 3. The molecule has 0 aromatic heterocycles. The number of hydrogen-bond acceptors (Lipinski definition) is 2. The fraction of sp³-hybridized carbons (Fsp3) is 1.00. The molecule has 1 heterocycles. The molecular formula is C7H13F3N2. The molecule has 72 valence electrons. The smallest absolute Gasteiger partial charge is 0.316 e. The van der Waals surface area contributed by atoms with Crippen molar-refractivity contribution in [3.05, 3.63) is 0 Å². The summed E-state index contributed by atoms with van der Waals surface area (Å²) in [5.41, 5.74) is 5.49. The van der Waals surface area contributed by atoms with Crippen LogP contribution < -0.4 is 5.73 Å². The molecule has 2 unspecified atom stereocenters. The van der Waals surface area contributed by atoms with Gasteiger partial charge in [-0.1, -0.05) is 0 Å². The maximum atomic E-state index is 12.2. The molecule has 0 radical (unpaired) electrons. The Kier molecular flexibility index (Phi) is 2.63. The first-order chi connectivity index (χ1) is 5.41. The minimum Gasteiger partial charge on any atom is -0.316 e. The van der Waals surface area contributed by atoms with Crippen LogP contribution in [0.3, 0.4) is 0 Å². The summed E-state index contributed by atoms with van der Waals surface area (Å²) in [6.07, 6.45) is -4.31. The molecule has 2 N–H and O–H groups in total. The molecule has 1 aliphatic heterocycles. The Morgan fingerprint density at radius 3 is 2.42 bits per heavy atom. The first-order valence-corrected chi connectivity index (χ1v) is 3.94. The molecule has 2 nitrogen and oxygen atoms in total. The van der Waals surface area contributed by atoms with Crippen LogP contribution in [0.5, 0.6) is 0 Å². The number of piperidine rings is 1. The van der Waals surface area contributed by atoms with E-state index in [1.807, 2.05) is 0 Å². The molecule has 1 saturated heterocycles. The van der Waals surface area contributed by atoms with Crippen molar-refractivity contribution in [2.75, 3.05) is 13.6 Å². The first-order valence-electron chi connectivity index (χ1n) is 3.94. The molecule has 0 aromatic rings. The van der Waals surface area contributed by atoms with E-state index < -0.39 is 18.3 Å². The minimum atomic E-state index is -4.07. The van der Waals surface area contributed by atoms with Gasteiger partial charge in [0.25, 0.3) is 0 Å². The molecule has 5 heteroatoms. The summed E-state index contributed by atoms with van der Waals surface area (Å²) < 4.78 is 36.5. The highest BCUT2D eigenvalue weighted by atomic mass is 19.4. The van der Waals surface area contributed by atoms with E-state index in [2.05, 4.69) is 0 Å². The molecule has 1 rings (SSSR count). The monoisotopic (exact) mass is 182 g/mol. The molecule has 0 bridgehead atoms. The van der Waals surface area contributed by atoms with Gasteiger partial charge in [0.1, 0.15) is 0 Å². The van der Waals surface area contributed by atoms with Crippen molar-refractivity contribution in [3.8, 4) is 0 Å². The molecule has 0 amide bonds. The van der Waals surface area contributed by atoms with Gasteiger partial charge in [0, 0.05) is 0 Å². The minimum absolute atomic E-state index is 0.0278. The molecule has 0 spiro atoms. The first kappa shape index (κ1) is 9.80. The maximum Gasteiger partial charge on any atom is 0.391 e. The fourth-order valence-electron chi connectivity index (χ4n) is 1.41. The fourth-order valence-corrected chi connectivity index (χ4v) is 1.41. The van der Waals surface area contributed by atoms with Crippen molar-refractivity contribution in [1.82, 2.24) is 4.90 Å². The normalized spacial score (nSPS) is 33.8. The van der Waals surface area contributed by atoms with Gasteiger partial charge >= 0.3 is 6.18 Å². The number of halogens is 3.